The summed E-state index contributed by atoms with van der Waals surface area (Å²) >= 11 is 1.50. The number of fused-ring (bicyclic) bond motifs is 1. The fourth-order valence-electron chi connectivity index (χ4n) is 2.18. The van der Waals surface area contributed by atoms with Crippen LogP contribution in [0.1, 0.15) is 29.3 Å². The number of nitrogens with zero attached hydrogens (tertiary/aromatic N) is 3. The van der Waals surface area contributed by atoms with Gasteiger partial charge >= 0.3 is 0 Å². The molecule has 0 fully saturated rings. The molecule has 0 radical (unpaired) electrons. The lowest BCUT2D eigenvalue weighted by molar-refractivity contribution is 0.111. The van der Waals surface area contributed by atoms with Crippen molar-refractivity contribution in [1.82, 2.24) is 14.6 Å². The molecule has 118 valence electrons. The maximum Gasteiger partial charge on any atom is 0.213 e. The van der Waals surface area contributed by atoms with Crippen LogP contribution in [-0.2, 0) is 6.42 Å². The van der Waals surface area contributed by atoms with Crippen LogP contribution >= 0.6 is 11.3 Å². The van der Waals surface area contributed by atoms with Crippen LogP contribution in [0.15, 0.2) is 36.4 Å². The summed E-state index contributed by atoms with van der Waals surface area (Å²) < 4.78 is 7.21. The maximum atomic E-state index is 11.5. The van der Waals surface area contributed by atoms with Crippen molar-refractivity contribution in [2.75, 3.05) is 6.61 Å². The Balaban J connectivity index is 1.94. The average Bonchev–Trinajstić information content (AvgIpc) is 3.10. The molecule has 3 rings (SSSR count). The molecule has 0 saturated heterocycles. The van der Waals surface area contributed by atoms with E-state index < -0.39 is 0 Å². The van der Waals surface area contributed by atoms with Gasteiger partial charge in [-0.05, 0) is 43.2 Å². The first-order valence-electron chi connectivity index (χ1n) is 7.33. The number of aryl methyl sites for hydroxylation is 1. The highest BCUT2D eigenvalue weighted by Crippen LogP contribution is 2.27. The zero-order valence-electron chi connectivity index (χ0n) is 13.1. The van der Waals surface area contributed by atoms with Gasteiger partial charge in [0.05, 0.1) is 0 Å². The van der Waals surface area contributed by atoms with Gasteiger partial charge in [0.1, 0.15) is 28.8 Å². The predicted molar refractivity (Wildman–Crippen MR) is 91.4 cm³/mol. The van der Waals surface area contributed by atoms with Crippen molar-refractivity contribution in [2.24, 2.45) is 0 Å². The highest BCUT2D eigenvalue weighted by molar-refractivity contribution is 7.16. The molecular weight excluding hydrogens is 310 g/mol. The topological polar surface area (TPSA) is 56.5 Å². The molecule has 6 heteroatoms. The monoisotopic (exact) mass is 327 g/mol. The van der Waals surface area contributed by atoms with Gasteiger partial charge in [0.15, 0.2) is 6.29 Å². The highest BCUT2D eigenvalue weighted by Gasteiger charge is 2.17. The number of carbonyl (C=O) groups is 1. The molecule has 0 N–H and O–H groups in total. The Morgan fingerprint density at radius 2 is 2.13 bits per heavy atom. The number of aromatic nitrogens is 3. The SMILES string of the molecule is C=C(C)COc1ccc(-c2nc3sc(CC)nn3c2C=O)cc1. The standard InChI is InChI=1S/C17H17N3O2S/c1-4-15-19-20-14(9-21)16(18-17(20)23-15)12-5-7-13(8-6-12)22-10-11(2)3/h5-9H,2,4,10H2,1,3H3. The van der Waals surface area contributed by atoms with E-state index in [9.17, 15) is 4.79 Å². The molecule has 0 saturated carbocycles. The van der Waals surface area contributed by atoms with E-state index in [0.717, 1.165) is 39.6 Å². The molecule has 3 aromatic rings. The molecule has 2 aromatic heterocycles. The fourth-order valence-corrected chi connectivity index (χ4v) is 3.02. The minimum absolute atomic E-state index is 0.478. The van der Waals surface area contributed by atoms with Gasteiger partial charge in [0.25, 0.3) is 0 Å². The van der Waals surface area contributed by atoms with Gasteiger partial charge in [-0.15, -0.1) is 0 Å². The van der Waals surface area contributed by atoms with Crippen LogP contribution in [0.25, 0.3) is 16.2 Å². The second-order valence-electron chi connectivity index (χ2n) is 5.28. The van der Waals surface area contributed by atoms with Gasteiger partial charge in [-0.25, -0.2) is 4.98 Å². The minimum Gasteiger partial charge on any atom is -0.489 e. The van der Waals surface area contributed by atoms with Gasteiger partial charge in [-0.3, -0.25) is 4.79 Å². The Morgan fingerprint density at radius 3 is 2.74 bits per heavy atom. The minimum atomic E-state index is 0.478. The molecular formula is C17H17N3O2S. The van der Waals surface area contributed by atoms with E-state index in [4.69, 9.17) is 4.74 Å². The van der Waals surface area contributed by atoms with E-state index in [-0.39, 0.29) is 0 Å². The summed E-state index contributed by atoms with van der Waals surface area (Å²) in [7, 11) is 0. The zero-order valence-corrected chi connectivity index (χ0v) is 13.9. The molecule has 2 heterocycles. The van der Waals surface area contributed by atoms with Gasteiger partial charge < -0.3 is 4.74 Å². The third kappa shape index (κ3) is 3.03. The molecule has 0 atom stereocenters. The Morgan fingerprint density at radius 1 is 1.39 bits per heavy atom. The number of rotatable bonds is 6. The summed E-state index contributed by atoms with van der Waals surface area (Å²) in [6.45, 7) is 8.24. The molecule has 0 bridgehead atoms. The lowest BCUT2D eigenvalue weighted by atomic mass is 10.1. The van der Waals surface area contributed by atoms with Crippen LogP contribution < -0.4 is 4.74 Å². The van der Waals surface area contributed by atoms with E-state index in [1.165, 1.54) is 11.3 Å². The molecule has 5 nitrogen and oxygen atoms in total. The van der Waals surface area contributed by atoms with Crippen molar-refractivity contribution >= 4 is 22.6 Å². The van der Waals surface area contributed by atoms with Crippen LogP contribution in [0, 0.1) is 0 Å². The van der Waals surface area contributed by atoms with Crippen molar-refractivity contribution in [1.29, 1.82) is 0 Å². The molecule has 1 aromatic carbocycles. The second kappa shape index (κ2) is 6.34. The van der Waals surface area contributed by atoms with Gasteiger partial charge in [-0.1, -0.05) is 24.8 Å². The van der Waals surface area contributed by atoms with Crippen molar-refractivity contribution in [3.63, 3.8) is 0 Å². The lowest BCUT2D eigenvalue weighted by Gasteiger charge is -2.06. The van der Waals surface area contributed by atoms with Gasteiger partial charge in [0.2, 0.25) is 4.96 Å². The molecule has 0 aliphatic rings. The van der Waals surface area contributed by atoms with E-state index in [2.05, 4.69) is 16.7 Å². The summed E-state index contributed by atoms with van der Waals surface area (Å²) in [6.07, 6.45) is 1.64. The fraction of sp³-hybridized carbons (Fsp3) is 0.235. The van der Waals surface area contributed by atoms with Gasteiger partial charge in [0, 0.05) is 5.56 Å². The Labute approximate surface area is 138 Å². The number of imidazole rings is 1. The van der Waals surface area contributed by atoms with E-state index >= 15 is 0 Å². The molecule has 0 amide bonds. The first kappa shape index (κ1) is 15.4. The number of benzene rings is 1. The quantitative estimate of drug-likeness (QED) is 0.510. The highest BCUT2D eigenvalue weighted by atomic mass is 32.1. The maximum absolute atomic E-state index is 11.5. The molecule has 23 heavy (non-hydrogen) atoms. The smallest absolute Gasteiger partial charge is 0.213 e. The van der Waals surface area contributed by atoms with Crippen LogP contribution in [-0.4, -0.2) is 27.5 Å². The average molecular weight is 327 g/mol. The van der Waals surface area contributed by atoms with E-state index in [1.54, 1.807) is 4.52 Å². The first-order valence-corrected chi connectivity index (χ1v) is 8.15. The third-order valence-corrected chi connectivity index (χ3v) is 4.36. The summed E-state index contributed by atoms with van der Waals surface area (Å²) in [6, 6.07) is 7.53. The third-order valence-electron chi connectivity index (χ3n) is 3.31. The van der Waals surface area contributed by atoms with Crippen molar-refractivity contribution in [3.8, 4) is 17.0 Å². The van der Waals surface area contributed by atoms with Crippen LogP contribution in [0.3, 0.4) is 0 Å². The Hall–Kier alpha value is -2.47. The summed E-state index contributed by atoms with van der Waals surface area (Å²) in [4.78, 5) is 16.8. The van der Waals surface area contributed by atoms with Crippen LogP contribution in [0.5, 0.6) is 5.75 Å². The number of carbonyl (C=O) groups excluding carboxylic acids is 1. The number of aldehydes is 1. The normalized spacial score (nSPS) is 10.9. The number of ether oxygens (including phenoxy) is 1. The zero-order chi connectivity index (χ0) is 16.4. The largest absolute Gasteiger partial charge is 0.489 e. The lowest BCUT2D eigenvalue weighted by Crippen LogP contribution is -1.97. The molecule has 0 aliphatic carbocycles. The summed E-state index contributed by atoms with van der Waals surface area (Å²) in [5, 5.41) is 5.39. The Bertz CT molecular complexity index is 862. The second-order valence-corrected chi connectivity index (χ2v) is 6.32. The van der Waals surface area contributed by atoms with Crippen LogP contribution in [0.4, 0.5) is 0 Å². The Kier molecular flexibility index (Phi) is 4.25. The summed E-state index contributed by atoms with van der Waals surface area (Å²) in [5.74, 6) is 0.761. The van der Waals surface area contributed by atoms with E-state index in [0.29, 0.717) is 18.0 Å². The van der Waals surface area contributed by atoms with Crippen molar-refractivity contribution in [2.45, 2.75) is 20.3 Å². The molecule has 0 spiro atoms. The van der Waals surface area contributed by atoms with Crippen LogP contribution in [0.2, 0.25) is 0 Å². The first-order chi connectivity index (χ1) is 11.1. The predicted octanol–water partition coefficient (Wildman–Crippen LogP) is 3.79. The van der Waals surface area contributed by atoms with Crippen molar-refractivity contribution < 1.29 is 9.53 Å². The molecule has 0 aliphatic heterocycles. The van der Waals surface area contributed by atoms with E-state index in [1.807, 2.05) is 38.1 Å². The summed E-state index contributed by atoms with van der Waals surface area (Å²) in [5.41, 5.74) is 2.95. The number of hydrogen-bond acceptors (Lipinski definition) is 5. The van der Waals surface area contributed by atoms with Gasteiger partial charge in [-0.2, -0.15) is 9.61 Å². The number of hydrogen-bond donors (Lipinski definition) is 0. The van der Waals surface area contributed by atoms with Crippen molar-refractivity contribution in [3.05, 3.63) is 47.1 Å². The molecule has 0 unspecified atom stereocenters.